The van der Waals surface area contributed by atoms with Gasteiger partial charge in [-0.25, -0.2) is 4.39 Å². The van der Waals surface area contributed by atoms with Crippen molar-refractivity contribution in [2.24, 2.45) is 0 Å². The van der Waals surface area contributed by atoms with Crippen LogP contribution in [0.2, 0.25) is 0 Å². The molecule has 2 rings (SSSR count). The monoisotopic (exact) mass is 331 g/mol. The van der Waals surface area contributed by atoms with Gasteiger partial charge in [0.2, 0.25) is 5.91 Å². The third-order valence-corrected chi connectivity index (χ3v) is 3.32. The van der Waals surface area contributed by atoms with Crippen molar-refractivity contribution in [2.75, 3.05) is 12.4 Å². The molecule has 1 N–H and O–H groups in total. The molecule has 0 aliphatic rings. The third kappa shape index (κ3) is 5.08. The van der Waals surface area contributed by atoms with E-state index < -0.39 is 5.91 Å². The maximum atomic E-state index is 13.4. The summed E-state index contributed by atoms with van der Waals surface area (Å²) >= 11 is 0. The molecule has 0 bridgehead atoms. The van der Waals surface area contributed by atoms with Crippen LogP contribution in [-0.2, 0) is 20.7 Å². The van der Waals surface area contributed by atoms with Gasteiger partial charge in [-0.3, -0.25) is 9.59 Å². The van der Waals surface area contributed by atoms with Crippen LogP contribution in [0.25, 0.3) is 6.08 Å². The van der Waals surface area contributed by atoms with Crippen LogP contribution in [0, 0.1) is 12.7 Å². The van der Waals surface area contributed by atoms with Gasteiger partial charge in [0.05, 0.1) is 13.5 Å². The first-order valence-electron chi connectivity index (χ1n) is 7.38. The SMILES string of the molecule is COC(=O)CCc1ccc(/C=C/C(=O)Nc2ccc(C)c(F)c2)o1. The summed E-state index contributed by atoms with van der Waals surface area (Å²) in [6.45, 7) is 1.65. The Labute approximate surface area is 139 Å². The first-order valence-corrected chi connectivity index (χ1v) is 7.38. The highest BCUT2D eigenvalue weighted by molar-refractivity contribution is 6.01. The second-order valence-electron chi connectivity index (χ2n) is 5.17. The molecule has 0 saturated carbocycles. The van der Waals surface area contributed by atoms with Gasteiger partial charge >= 0.3 is 5.97 Å². The Balaban J connectivity index is 1.90. The summed E-state index contributed by atoms with van der Waals surface area (Å²) in [7, 11) is 1.33. The number of nitrogens with one attached hydrogen (secondary N) is 1. The van der Waals surface area contributed by atoms with Crippen LogP contribution in [0.5, 0.6) is 0 Å². The summed E-state index contributed by atoms with van der Waals surface area (Å²) in [6.07, 6.45) is 3.45. The molecule has 1 aromatic heterocycles. The molecule has 0 atom stereocenters. The molecule has 0 saturated heterocycles. The first-order chi connectivity index (χ1) is 11.5. The number of carbonyl (C=O) groups excluding carboxylic acids is 2. The predicted molar refractivity (Wildman–Crippen MR) is 87.8 cm³/mol. The number of amides is 1. The topological polar surface area (TPSA) is 68.5 Å². The van der Waals surface area contributed by atoms with E-state index in [4.69, 9.17) is 4.42 Å². The molecule has 1 aromatic carbocycles. The number of aryl methyl sites for hydroxylation is 2. The van der Waals surface area contributed by atoms with E-state index >= 15 is 0 Å². The van der Waals surface area contributed by atoms with Crippen molar-refractivity contribution in [3.05, 3.63) is 59.3 Å². The maximum absolute atomic E-state index is 13.4. The fourth-order valence-electron chi connectivity index (χ4n) is 1.96. The Morgan fingerprint density at radius 2 is 2.08 bits per heavy atom. The molecule has 1 heterocycles. The molecule has 1 amide bonds. The van der Waals surface area contributed by atoms with Crippen molar-refractivity contribution in [1.82, 2.24) is 0 Å². The fraction of sp³-hybridized carbons (Fsp3) is 0.222. The number of hydrogen-bond acceptors (Lipinski definition) is 4. The number of ether oxygens (including phenoxy) is 1. The minimum absolute atomic E-state index is 0.229. The van der Waals surface area contributed by atoms with Gasteiger partial charge < -0.3 is 14.5 Å². The molecule has 0 spiro atoms. The van der Waals surface area contributed by atoms with Gasteiger partial charge in [0.25, 0.3) is 0 Å². The zero-order chi connectivity index (χ0) is 17.5. The molecule has 0 fully saturated rings. The lowest BCUT2D eigenvalue weighted by Gasteiger charge is -2.03. The molecular formula is C18H18FNO4. The summed E-state index contributed by atoms with van der Waals surface area (Å²) in [5.74, 6) is 0.0261. The van der Waals surface area contributed by atoms with Crippen molar-refractivity contribution in [2.45, 2.75) is 19.8 Å². The van der Waals surface area contributed by atoms with E-state index in [9.17, 15) is 14.0 Å². The lowest BCUT2D eigenvalue weighted by molar-refractivity contribution is -0.140. The predicted octanol–water partition coefficient (Wildman–Crippen LogP) is 3.48. The van der Waals surface area contributed by atoms with Crippen LogP contribution in [-0.4, -0.2) is 19.0 Å². The highest BCUT2D eigenvalue weighted by atomic mass is 19.1. The molecule has 126 valence electrons. The van der Waals surface area contributed by atoms with Crippen molar-refractivity contribution in [3.8, 4) is 0 Å². The van der Waals surface area contributed by atoms with Crippen LogP contribution in [0.15, 0.2) is 40.8 Å². The molecule has 0 unspecified atom stereocenters. The molecule has 6 heteroatoms. The first kappa shape index (κ1) is 17.5. The number of benzene rings is 1. The number of hydrogen-bond donors (Lipinski definition) is 1. The van der Waals surface area contributed by atoms with Crippen LogP contribution in [0.3, 0.4) is 0 Å². The Hall–Kier alpha value is -2.89. The van der Waals surface area contributed by atoms with E-state index in [1.807, 2.05) is 0 Å². The molecule has 5 nitrogen and oxygen atoms in total. The number of rotatable bonds is 6. The Kier molecular flexibility index (Phi) is 5.89. The average Bonchev–Trinajstić information content (AvgIpc) is 3.02. The summed E-state index contributed by atoms with van der Waals surface area (Å²) in [5, 5.41) is 2.57. The Morgan fingerprint density at radius 1 is 1.29 bits per heavy atom. The highest BCUT2D eigenvalue weighted by Gasteiger charge is 2.06. The van der Waals surface area contributed by atoms with E-state index in [-0.39, 0.29) is 18.2 Å². The minimum Gasteiger partial charge on any atom is -0.469 e. The minimum atomic E-state index is -0.397. The Morgan fingerprint density at radius 3 is 2.79 bits per heavy atom. The van der Waals surface area contributed by atoms with Gasteiger partial charge in [0.15, 0.2) is 0 Å². The van der Waals surface area contributed by atoms with Crippen molar-refractivity contribution < 1.29 is 23.1 Å². The second kappa shape index (κ2) is 8.10. The summed E-state index contributed by atoms with van der Waals surface area (Å²) in [5.41, 5.74) is 0.893. The van der Waals surface area contributed by atoms with Gasteiger partial charge in [0, 0.05) is 18.2 Å². The van der Waals surface area contributed by atoms with Gasteiger partial charge in [-0.1, -0.05) is 6.07 Å². The summed E-state index contributed by atoms with van der Waals surface area (Å²) in [4.78, 5) is 22.9. The summed E-state index contributed by atoms with van der Waals surface area (Å²) in [6, 6.07) is 7.91. The van der Waals surface area contributed by atoms with Crippen LogP contribution >= 0.6 is 0 Å². The second-order valence-corrected chi connectivity index (χ2v) is 5.17. The van der Waals surface area contributed by atoms with Crippen LogP contribution < -0.4 is 5.32 Å². The number of carbonyl (C=O) groups is 2. The standard InChI is InChI=1S/C18H18FNO4/c1-12-3-4-13(11-16(12)19)20-17(21)9-7-14-5-6-15(24-14)8-10-18(22)23-2/h3-7,9,11H,8,10H2,1-2H3,(H,20,21)/b9-7+. The van der Waals surface area contributed by atoms with Crippen LogP contribution in [0.1, 0.15) is 23.5 Å². The average molecular weight is 331 g/mol. The van der Waals surface area contributed by atoms with E-state index in [2.05, 4.69) is 10.1 Å². The van der Waals surface area contributed by atoms with Crippen LogP contribution in [0.4, 0.5) is 10.1 Å². The van der Waals surface area contributed by atoms with E-state index in [0.717, 1.165) is 0 Å². The van der Waals surface area contributed by atoms with Gasteiger partial charge in [-0.2, -0.15) is 0 Å². The smallest absolute Gasteiger partial charge is 0.305 e. The Bertz CT molecular complexity index is 764. The molecule has 2 aromatic rings. The van der Waals surface area contributed by atoms with E-state index in [1.165, 1.54) is 25.3 Å². The zero-order valence-corrected chi connectivity index (χ0v) is 13.5. The number of anilines is 1. The quantitative estimate of drug-likeness (QED) is 0.650. The third-order valence-electron chi connectivity index (χ3n) is 3.32. The molecule has 0 aliphatic heterocycles. The molecule has 0 radical (unpaired) electrons. The lowest BCUT2D eigenvalue weighted by Crippen LogP contribution is -2.07. The zero-order valence-electron chi connectivity index (χ0n) is 13.5. The van der Waals surface area contributed by atoms with Crippen molar-refractivity contribution >= 4 is 23.6 Å². The van der Waals surface area contributed by atoms with Gasteiger partial charge in [-0.05, 0) is 42.8 Å². The molecule has 24 heavy (non-hydrogen) atoms. The molecular weight excluding hydrogens is 313 g/mol. The lowest BCUT2D eigenvalue weighted by atomic mass is 10.2. The molecule has 0 aliphatic carbocycles. The van der Waals surface area contributed by atoms with Gasteiger partial charge in [-0.15, -0.1) is 0 Å². The highest BCUT2D eigenvalue weighted by Crippen LogP contribution is 2.14. The van der Waals surface area contributed by atoms with Crippen molar-refractivity contribution in [1.29, 1.82) is 0 Å². The fourth-order valence-corrected chi connectivity index (χ4v) is 1.96. The number of furan rings is 1. The number of methoxy groups -OCH3 is 1. The van der Waals surface area contributed by atoms with Gasteiger partial charge in [0.1, 0.15) is 17.3 Å². The number of halogens is 1. The number of esters is 1. The van der Waals surface area contributed by atoms with Crippen molar-refractivity contribution in [3.63, 3.8) is 0 Å². The maximum Gasteiger partial charge on any atom is 0.305 e. The summed E-state index contributed by atoms with van der Waals surface area (Å²) < 4.78 is 23.5. The largest absolute Gasteiger partial charge is 0.469 e. The van der Waals surface area contributed by atoms with E-state index in [1.54, 1.807) is 31.2 Å². The normalized spacial score (nSPS) is 10.8. The van der Waals surface area contributed by atoms with E-state index in [0.29, 0.717) is 29.2 Å².